The van der Waals surface area contributed by atoms with Crippen LogP contribution >= 0.6 is 0 Å². The molecule has 0 amide bonds. The van der Waals surface area contributed by atoms with Crippen LogP contribution in [-0.2, 0) is 6.54 Å². The highest BCUT2D eigenvalue weighted by molar-refractivity contribution is 5.29. The van der Waals surface area contributed by atoms with Crippen LogP contribution in [0.5, 0.6) is 5.75 Å². The minimum Gasteiger partial charge on any atom is -0.506 e. The first-order chi connectivity index (χ1) is 4.74. The Labute approximate surface area is 59.5 Å². The minimum absolute atomic E-state index is 0.220. The number of nitrogens with two attached hydrogens (primary N) is 1. The second-order valence-electron chi connectivity index (χ2n) is 2.17. The Balaban J connectivity index is 3.04. The van der Waals surface area contributed by atoms with Gasteiger partial charge in [-0.05, 0) is 18.6 Å². The summed E-state index contributed by atoms with van der Waals surface area (Å²) in [6, 6.07) is 1.77. The molecule has 3 N–H and O–H groups in total. The molecule has 1 rings (SSSR count). The zero-order valence-electron chi connectivity index (χ0n) is 5.83. The predicted octanol–water partition coefficient (Wildman–Crippen LogP) is 0.554. The molecule has 0 fully saturated rings. The molecule has 0 aliphatic rings. The molecular formula is C7H10N2O. The highest BCUT2D eigenvalue weighted by atomic mass is 16.3. The fourth-order valence-electron chi connectivity index (χ4n) is 0.719. The highest BCUT2D eigenvalue weighted by Crippen LogP contribution is 2.13. The minimum atomic E-state index is 0.220. The van der Waals surface area contributed by atoms with Crippen molar-refractivity contribution in [1.82, 2.24) is 4.98 Å². The second-order valence-corrected chi connectivity index (χ2v) is 2.17. The van der Waals surface area contributed by atoms with Crippen molar-refractivity contribution < 1.29 is 5.11 Å². The number of nitrogens with zero attached hydrogens (tertiary/aromatic N) is 1. The number of pyridine rings is 1. The average Bonchev–Trinajstić information content (AvgIpc) is 1.95. The van der Waals surface area contributed by atoms with Gasteiger partial charge in [0, 0.05) is 6.54 Å². The lowest BCUT2D eigenvalue weighted by atomic mass is 10.2. The summed E-state index contributed by atoms with van der Waals surface area (Å²) >= 11 is 0. The molecule has 3 heteroatoms. The van der Waals surface area contributed by atoms with E-state index in [1.54, 1.807) is 6.07 Å². The van der Waals surface area contributed by atoms with E-state index >= 15 is 0 Å². The van der Waals surface area contributed by atoms with Crippen molar-refractivity contribution in [3.63, 3.8) is 0 Å². The van der Waals surface area contributed by atoms with Gasteiger partial charge in [0.15, 0.2) is 0 Å². The van der Waals surface area contributed by atoms with Crippen LogP contribution in [0.2, 0.25) is 0 Å². The molecule has 10 heavy (non-hydrogen) atoms. The summed E-state index contributed by atoms with van der Waals surface area (Å²) < 4.78 is 0. The van der Waals surface area contributed by atoms with Gasteiger partial charge in [0.25, 0.3) is 0 Å². The molecule has 54 valence electrons. The Morgan fingerprint density at radius 2 is 2.40 bits per heavy atom. The molecule has 0 bridgehead atoms. The van der Waals surface area contributed by atoms with Gasteiger partial charge in [-0.3, -0.25) is 4.98 Å². The number of rotatable bonds is 1. The summed E-state index contributed by atoms with van der Waals surface area (Å²) in [5.74, 6) is 0.220. The molecule has 1 heterocycles. The van der Waals surface area contributed by atoms with Gasteiger partial charge in [-0.2, -0.15) is 0 Å². The van der Waals surface area contributed by atoms with E-state index in [2.05, 4.69) is 4.98 Å². The first-order valence-corrected chi connectivity index (χ1v) is 3.08. The van der Waals surface area contributed by atoms with Crippen LogP contribution in [0.4, 0.5) is 0 Å². The zero-order valence-corrected chi connectivity index (χ0v) is 5.83. The first kappa shape index (κ1) is 7.02. The van der Waals surface area contributed by atoms with Gasteiger partial charge in [-0.15, -0.1) is 0 Å². The van der Waals surface area contributed by atoms with Crippen molar-refractivity contribution >= 4 is 0 Å². The van der Waals surface area contributed by atoms with Crippen LogP contribution in [-0.4, -0.2) is 10.1 Å². The molecule has 0 spiro atoms. The van der Waals surface area contributed by atoms with Gasteiger partial charge in [0.1, 0.15) is 5.75 Å². The van der Waals surface area contributed by atoms with Gasteiger partial charge in [0.05, 0.1) is 11.9 Å². The monoisotopic (exact) mass is 138 g/mol. The normalized spacial score (nSPS) is 9.80. The smallest absolute Gasteiger partial charge is 0.136 e. The maximum atomic E-state index is 9.04. The van der Waals surface area contributed by atoms with Crippen molar-refractivity contribution in [1.29, 1.82) is 0 Å². The molecule has 1 aromatic heterocycles. The third-order valence-electron chi connectivity index (χ3n) is 1.35. The van der Waals surface area contributed by atoms with Crippen LogP contribution in [0.25, 0.3) is 0 Å². The van der Waals surface area contributed by atoms with Crippen LogP contribution in [0.1, 0.15) is 11.3 Å². The first-order valence-electron chi connectivity index (χ1n) is 3.08. The molecule has 0 saturated heterocycles. The molecule has 0 radical (unpaired) electrons. The summed E-state index contributed by atoms with van der Waals surface area (Å²) in [6.07, 6.45) is 1.41. The summed E-state index contributed by atoms with van der Waals surface area (Å²) in [5, 5.41) is 9.04. The summed E-state index contributed by atoms with van der Waals surface area (Å²) in [4.78, 5) is 3.88. The Kier molecular flexibility index (Phi) is 1.87. The van der Waals surface area contributed by atoms with Crippen molar-refractivity contribution in [3.05, 3.63) is 23.5 Å². The van der Waals surface area contributed by atoms with E-state index < -0.39 is 0 Å². The number of hydrogen-bond donors (Lipinski definition) is 2. The number of aromatic nitrogens is 1. The number of aromatic hydroxyl groups is 1. The van der Waals surface area contributed by atoms with E-state index in [1.807, 2.05) is 6.92 Å². The van der Waals surface area contributed by atoms with Crippen LogP contribution in [0.3, 0.4) is 0 Å². The third-order valence-corrected chi connectivity index (χ3v) is 1.35. The molecule has 0 aliphatic heterocycles. The molecule has 0 aliphatic carbocycles. The molecule has 0 saturated carbocycles. The molecule has 0 atom stereocenters. The Bertz CT molecular complexity index is 235. The standard InChI is InChI=1S/C7H10N2O/c1-5-2-6(3-8)9-4-7(5)10/h2,4,10H,3,8H2,1H3. The number of aryl methyl sites for hydroxylation is 1. The number of hydrogen-bond acceptors (Lipinski definition) is 3. The average molecular weight is 138 g/mol. The molecule has 0 unspecified atom stereocenters. The van der Waals surface area contributed by atoms with E-state index in [0.717, 1.165) is 11.3 Å². The Hall–Kier alpha value is -1.09. The van der Waals surface area contributed by atoms with E-state index in [1.165, 1.54) is 6.20 Å². The third kappa shape index (κ3) is 1.25. The second kappa shape index (κ2) is 2.66. The van der Waals surface area contributed by atoms with Crippen molar-refractivity contribution in [2.75, 3.05) is 0 Å². The molecule has 1 aromatic rings. The van der Waals surface area contributed by atoms with Gasteiger partial charge in [0.2, 0.25) is 0 Å². The van der Waals surface area contributed by atoms with E-state index in [-0.39, 0.29) is 5.75 Å². The lowest BCUT2D eigenvalue weighted by Crippen LogP contribution is -1.99. The maximum absolute atomic E-state index is 9.04. The molecular weight excluding hydrogens is 128 g/mol. The van der Waals surface area contributed by atoms with Crippen LogP contribution in [0, 0.1) is 6.92 Å². The molecule has 3 nitrogen and oxygen atoms in total. The van der Waals surface area contributed by atoms with Crippen LogP contribution in [0.15, 0.2) is 12.3 Å². The lowest BCUT2D eigenvalue weighted by molar-refractivity contribution is 0.467. The maximum Gasteiger partial charge on any atom is 0.136 e. The predicted molar refractivity (Wildman–Crippen MR) is 38.5 cm³/mol. The SMILES string of the molecule is Cc1cc(CN)ncc1O. The van der Waals surface area contributed by atoms with Gasteiger partial charge >= 0.3 is 0 Å². The van der Waals surface area contributed by atoms with Gasteiger partial charge < -0.3 is 10.8 Å². The summed E-state index contributed by atoms with van der Waals surface area (Å²) in [6.45, 7) is 2.23. The van der Waals surface area contributed by atoms with Gasteiger partial charge in [-0.25, -0.2) is 0 Å². The Morgan fingerprint density at radius 3 is 2.90 bits per heavy atom. The zero-order chi connectivity index (χ0) is 7.56. The quantitative estimate of drug-likeness (QED) is 0.596. The molecule has 0 aromatic carbocycles. The van der Waals surface area contributed by atoms with Crippen molar-refractivity contribution in [3.8, 4) is 5.75 Å². The summed E-state index contributed by atoms with van der Waals surface area (Å²) in [7, 11) is 0. The Morgan fingerprint density at radius 1 is 1.70 bits per heavy atom. The topological polar surface area (TPSA) is 59.1 Å². The largest absolute Gasteiger partial charge is 0.506 e. The van der Waals surface area contributed by atoms with E-state index in [4.69, 9.17) is 10.8 Å². The van der Waals surface area contributed by atoms with Crippen LogP contribution < -0.4 is 5.73 Å². The summed E-state index contributed by atoms with van der Waals surface area (Å²) in [5.41, 5.74) is 6.94. The fraction of sp³-hybridized carbons (Fsp3) is 0.286. The van der Waals surface area contributed by atoms with E-state index in [9.17, 15) is 0 Å². The lowest BCUT2D eigenvalue weighted by Gasteiger charge is -1.98. The van der Waals surface area contributed by atoms with Crippen molar-refractivity contribution in [2.24, 2.45) is 5.73 Å². The van der Waals surface area contributed by atoms with E-state index in [0.29, 0.717) is 6.54 Å². The fourth-order valence-corrected chi connectivity index (χ4v) is 0.719. The highest BCUT2D eigenvalue weighted by Gasteiger charge is 1.96. The van der Waals surface area contributed by atoms with Crippen molar-refractivity contribution in [2.45, 2.75) is 13.5 Å². The van der Waals surface area contributed by atoms with Gasteiger partial charge in [-0.1, -0.05) is 0 Å².